The lowest BCUT2D eigenvalue weighted by atomic mass is 10.0. The smallest absolute Gasteiger partial charge is 0.135 e. The highest BCUT2D eigenvalue weighted by molar-refractivity contribution is 9.10. The van der Waals surface area contributed by atoms with E-state index in [1.807, 2.05) is 0 Å². The number of nitrogens with zero attached hydrogens (tertiary/aromatic N) is 1. The topological polar surface area (TPSA) is 23.8 Å². The second-order valence-corrected chi connectivity index (χ2v) is 4.27. The van der Waals surface area contributed by atoms with Crippen molar-refractivity contribution in [3.05, 3.63) is 57.8 Å². The van der Waals surface area contributed by atoms with Gasteiger partial charge >= 0.3 is 0 Å². The largest absolute Gasteiger partial charge is 0.207 e. The number of benzene rings is 2. The van der Waals surface area contributed by atoms with Crippen LogP contribution in [0.1, 0.15) is 5.56 Å². The molecule has 0 aromatic heterocycles. The van der Waals surface area contributed by atoms with Crippen LogP contribution in [0.5, 0.6) is 0 Å². The zero-order valence-corrected chi connectivity index (χ0v) is 10.4. The van der Waals surface area contributed by atoms with Crippen molar-refractivity contribution in [2.75, 3.05) is 0 Å². The van der Waals surface area contributed by atoms with Crippen molar-refractivity contribution < 1.29 is 13.2 Å². The predicted octanol–water partition coefficient (Wildman–Crippen LogP) is 4.21. The molecule has 0 amide bonds. The van der Waals surface area contributed by atoms with Gasteiger partial charge in [-0.3, -0.25) is 0 Å². The van der Waals surface area contributed by atoms with Gasteiger partial charge in [0.2, 0.25) is 0 Å². The zero-order valence-electron chi connectivity index (χ0n) is 8.77. The first kappa shape index (κ1) is 12.7. The maximum atomic E-state index is 13.7. The molecule has 1 radical (unpaired) electrons. The Morgan fingerprint density at radius 2 is 1.72 bits per heavy atom. The molecular formula is C13H4BrF3N. The highest BCUT2D eigenvalue weighted by Crippen LogP contribution is 2.33. The number of nitriles is 1. The summed E-state index contributed by atoms with van der Waals surface area (Å²) in [5.41, 5.74) is -0.517. The Kier molecular flexibility index (Phi) is 3.39. The maximum absolute atomic E-state index is 13.7. The van der Waals surface area contributed by atoms with Crippen LogP contribution in [0.2, 0.25) is 0 Å². The van der Waals surface area contributed by atoms with Crippen molar-refractivity contribution in [3.8, 4) is 17.2 Å². The Balaban J connectivity index is 2.72. The first-order chi connectivity index (χ1) is 8.52. The van der Waals surface area contributed by atoms with Crippen molar-refractivity contribution >= 4 is 15.9 Å². The number of rotatable bonds is 1. The van der Waals surface area contributed by atoms with Gasteiger partial charge in [0.1, 0.15) is 17.5 Å². The van der Waals surface area contributed by atoms with Gasteiger partial charge in [-0.25, -0.2) is 13.2 Å². The van der Waals surface area contributed by atoms with Crippen LogP contribution < -0.4 is 0 Å². The molecule has 0 atom stereocenters. The fraction of sp³-hybridized carbons (Fsp3) is 0. The Morgan fingerprint density at radius 3 is 2.28 bits per heavy atom. The first-order valence-electron chi connectivity index (χ1n) is 4.79. The van der Waals surface area contributed by atoms with Crippen molar-refractivity contribution in [1.82, 2.24) is 0 Å². The molecular weight excluding hydrogens is 307 g/mol. The zero-order chi connectivity index (χ0) is 13.3. The molecule has 0 saturated heterocycles. The Bertz CT molecular complexity index is 639. The van der Waals surface area contributed by atoms with Gasteiger partial charge in [-0.1, -0.05) is 0 Å². The molecule has 0 heterocycles. The minimum Gasteiger partial charge on any atom is -0.207 e. The third kappa shape index (κ3) is 2.24. The standard InChI is InChI=1S/C13H4BrF3N/c14-10-2-1-8(15)5-9(10)13-11(16)3-7(6-18)4-12(13)17/h1,3-5H. The van der Waals surface area contributed by atoms with Gasteiger partial charge in [0.25, 0.3) is 0 Å². The third-order valence-corrected chi connectivity index (χ3v) is 2.95. The van der Waals surface area contributed by atoms with E-state index in [9.17, 15) is 13.2 Å². The first-order valence-corrected chi connectivity index (χ1v) is 5.58. The molecule has 2 aromatic carbocycles. The van der Waals surface area contributed by atoms with Crippen LogP contribution in [-0.4, -0.2) is 0 Å². The maximum Gasteiger partial charge on any atom is 0.135 e. The number of halogens is 4. The van der Waals surface area contributed by atoms with Crippen LogP contribution in [0.25, 0.3) is 11.1 Å². The molecule has 5 heteroatoms. The van der Waals surface area contributed by atoms with Crippen LogP contribution in [0.3, 0.4) is 0 Å². The van der Waals surface area contributed by atoms with Gasteiger partial charge in [0, 0.05) is 16.1 Å². The van der Waals surface area contributed by atoms with Crippen LogP contribution in [-0.2, 0) is 0 Å². The van der Waals surface area contributed by atoms with E-state index in [1.54, 1.807) is 6.07 Å². The molecule has 2 aromatic rings. The van der Waals surface area contributed by atoms with Gasteiger partial charge in [-0.15, -0.1) is 0 Å². The minimum atomic E-state index is -0.925. The number of hydrogen-bond acceptors (Lipinski definition) is 1. The average molecular weight is 311 g/mol. The van der Waals surface area contributed by atoms with E-state index in [2.05, 4.69) is 22.0 Å². The molecule has 0 aliphatic heterocycles. The quantitative estimate of drug-likeness (QED) is 0.774. The van der Waals surface area contributed by atoms with Gasteiger partial charge in [0.15, 0.2) is 0 Å². The summed E-state index contributed by atoms with van der Waals surface area (Å²) >= 11 is 3.05. The van der Waals surface area contributed by atoms with Gasteiger partial charge < -0.3 is 0 Å². The van der Waals surface area contributed by atoms with Crippen molar-refractivity contribution in [2.45, 2.75) is 0 Å². The summed E-state index contributed by atoms with van der Waals surface area (Å²) in [6, 6.07) is 7.97. The molecule has 2 rings (SSSR count). The molecule has 0 spiro atoms. The van der Waals surface area contributed by atoms with E-state index in [0.717, 1.165) is 24.3 Å². The Labute approximate surface area is 110 Å². The molecule has 89 valence electrons. The summed E-state index contributed by atoms with van der Waals surface area (Å²) in [5, 5.41) is 8.59. The molecule has 0 saturated carbocycles. The summed E-state index contributed by atoms with van der Waals surface area (Å²) < 4.78 is 40.8. The van der Waals surface area contributed by atoms with E-state index in [1.165, 1.54) is 0 Å². The fourth-order valence-electron chi connectivity index (χ4n) is 1.53. The molecule has 0 fully saturated rings. The van der Waals surface area contributed by atoms with Crippen LogP contribution in [0.4, 0.5) is 13.2 Å². The Morgan fingerprint density at radius 1 is 1.11 bits per heavy atom. The number of hydrogen-bond donors (Lipinski definition) is 0. The molecule has 0 N–H and O–H groups in total. The van der Waals surface area contributed by atoms with E-state index < -0.39 is 23.0 Å². The SMILES string of the molecule is N#Cc1cc(F)c(-c2cc(F)c[c]c2Br)c(F)c1. The highest BCUT2D eigenvalue weighted by atomic mass is 79.9. The van der Waals surface area contributed by atoms with Gasteiger partial charge in [0.05, 0.1) is 17.2 Å². The molecule has 1 nitrogen and oxygen atoms in total. The summed E-state index contributed by atoms with van der Waals surface area (Å²) in [4.78, 5) is 0. The van der Waals surface area contributed by atoms with Gasteiger partial charge in [-0.2, -0.15) is 5.26 Å². The van der Waals surface area contributed by atoms with Crippen LogP contribution in [0, 0.1) is 34.8 Å². The van der Waals surface area contributed by atoms with E-state index in [-0.39, 0.29) is 15.6 Å². The third-order valence-electron chi connectivity index (χ3n) is 2.30. The normalized spacial score (nSPS) is 10.2. The summed E-state index contributed by atoms with van der Waals surface area (Å²) in [5.74, 6) is -2.51. The monoisotopic (exact) mass is 310 g/mol. The molecule has 0 unspecified atom stereocenters. The Hall–Kier alpha value is -1.80. The lowest BCUT2D eigenvalue weighted by Gasteiger charge is -2.08. The van der Waals surface area contributed by atoms with E-state index in [4.69, 9.17) is 5.26 Å². The van der Waals surface area contributed by atoms with E-state index in [0.29, 0.717) is 0 Å². The summed E-state index contributed by atoms with van der Waals surface area (Å²) in [6.45, 7) is 0. The van der Waals surface area contributed by atoms with Crippen molar-refractivity contribution in [1.29, 1.82) is 5.26 Å². The average Bonchev–Trinajstić information content (AvgIpc) is 2.32. The van der Waals surface area contributed by atoms with Crippen LogP contribution >= 0.6 is 15.9 Å². The van der Waals surface area contributed by atoms with Crippen molar-refractivity contribution in [3.63, 3.8) is 0 Å². The molecule has 0 aliphatic rings. The summed E-state index contributed by atoms with van der Waals surface area (Å²) in [7, 11) is 0. The minimum absolute atomic E-state index is 0.00879. The van der Waals surface area contributed by atoms with Gasteiger partial charge in [-0.05, 0) is 40.2 Å². The second-order valence-electron chi connectivity index (χ2n) is 3.47. The van der Waals surface area contributed by atoms with E-state index >= 15 is 0 Å². The highest BCUT2D eigenvalue weighted by Gasteiger charge is 2.16. The molecule has 0 bridgehead atoms. The second kappa shape index (κ2) is 4.83. The van der Waals surface area contributed by atoms with Crippen LogP contribution in [0.15, 0.2) is 28.7 Å². The lowest BCUT2D eigenvalue weighted by molar-refractivity contribution is 0.587. The lowest BCUT2D eigenvalue weighted by Crippen LogP contribution is -1.94. The summed E-state index contributed by atoms with van der Waals surface area (Å²) in [6.07, 6.45) is 0. The predicted molar refractivity (Wildman–Crippen MR) is 63.0 cm³/mol. The molecule has 0 aliphatic carbocycles. The van der Waals surface area contributed by atoms with Crippen molar-refractivity contribution in [2.24, 2.45) is 0 Å². The molecule has 18 heavy (non-hydrogen) atoms. The fourth-order valence-corrected chi connectivity index (χ4v) is 1.96.